The number of hydrogen-bond acceptors (Lipinski definition) is 7. The van der Waals surface area contributed by atoms with Gasteiger partial charge in [-0.3, -0.25) is 0 Å². The Bertz CT molecular complexity index is 277. The normalized spacial score (nSPS) is 50.9. The van der Waals surface area contributed by atoms with E-state index in [2.05, 4.69) is 10.0 Å². The maximum atomic E-state index is 9.52. The average Bonchev–Trinajstić information content (AvgIpc) is 2.22. The van der Waals surface area contributed by atoms with Gasteiger partial charge in [-0.05, 0) is 5.53 Å². The summed E-state index contributed by atoms with van der Waals surface area (Å²) in [7, 11) is 0. The Morgan fingerprint density at radius 1 is 0.933 bits per heavy atom. The molecule has 9 nitrogen and oxygen atoms in total. The number of azide groups is 1. The minimum absolute atomic E-state index is 1.84. The first-order chi connectivity index (χ1) is 6.86. The van der Waals surface area contributed by atoms with Crippen molar-refractivity contribution in [2.45, 2.75) is 36.2 Å². The summed E-state index contributed by atoms with van der Waals surface area (Å²) >= 11 is 0. The Kier molecular flexibility index (Phi) is 3.16. The summed E-state index contributed by atoms with van der Waals surface area (Å²) in [6, 6.07) is 0. The van der Waals surface area contributed by atoms with Gasteiger partial charge < -0.3 is 30.6 Å². The fourth-order valence-electron chi connectivity index (χ4n) is 1.44. The van der Waals surface area contributed by atoms with Gasteiger partial charge in [0.2, 0.25) is 5.72 Å². The van der Waals surface area contributed by atoms with Crippen LogP contribution >= 0.6 is 0 Å². The second kappa shape index (κ2) is 3.91. The molecule has 6 atom stereocenters. The lowest BCUT2D eigenvalue weighted by Crippen LogP contribution is -2.69. The highest BCUT2D eigenvalue weighted by Crippen LogP contribution is 2.31. The fourth-order valence-corrected chi connectivity index (χ4v) is 1.44. The van der Waals surface area contributed by atoms with E-state index in [1.54, 1.807) is 0 Å². The van der Waals surface area contributed by atoms with Crippen molar-refractivity contribution in [3.8, 4) is 0 Å². The molecule has 0 amide bonds. The van der Waals surface area contributed by atoms with Crippen molar-refractivity contribution in [2.24, 2.45) is 5.11 Å². The Balaban J connectivity index is 3.11. The molecular formula is C6H11N3O6. The second-order valence-corrected chi connectivity index (χ2v) is 3.33. The SMILES string of the molecule is [N-]=[N+]=NC1(O)[C@H](O)[C@H](O)C(O)[C@@H](O)[C@@H]1O. The molecule has 0 aromatic heterocycles. The van der Waals surface area contributed by atoms with Gasteiger partial charge in [0, 0.05) is 4.91 Å². The lowest BCUT2D eigenvalue weighted by molar-refractivity contribution is -0.265. The molecule has 15 heavy (non-hydrogen) atoms. The van der Waals surface area contributed by atoms with Gasteiger partial charge in [-0.15, -0.1) is 0 Å². The highest BCUT2D eigenvalue weighted by molar-refractivity contribution is 5.07. The predicted octanol–water partition coefficient (Wildman–Crippen LogP) is -3.20. The van der Waals surface area contributed by atoms with Crippen molar-refractivity contribution >= 4 is 0 Å². The molecule has 0 aliphatic heterocycles. The maximum absolute atomic E-state index is 9.52. The number of rotatable bonds is 1. The topological polar surface area (TPSA) is 170 Å². The first-order valence-electron chi connectivity index (χ1n) is 4.05. The van der Waals surface area contributed by atoms with E-state index in [0.717, 1.165) is 0 Å². The van der Waals surface area contributed by atoms with Crippen LogP contribution in [0.1, 0.15) is 0 Å². The minimum atomic E-state index is -2.77. The molecule has 1 fully saturated rings. The summed E-state index contributed by atoms with van der Waals surface area (Å²) in [5, 5.41) is 58.3. The molecule has 0 aromatic carbocycles. The molecule has 0 bridgehead atoms. The van der Waals surface area contributed by atoms with Crippen LogP contribution in [0.4, 0.5) is 0 Å². The third-order valence-electron chi connectivity index (χ3n) is 2.42. The molecule has 9 heteroatoms. The third-order valence-corrected chi connectivity index (χ3v) is 2.42. The monoisotopic (exact) mass is 221 g/mol. The number of aliphatic hydroxyl groups excluding tert-OH is 5. The summed E-state index contributed by atoms with van der Waals surface area (Å²) in [6.45, 7) is 0. The van der Waals surface area contributed by atoms with Crippen LogP contribution in [0.5, 0.6) is 0 Å². The number of hydrogen-bond donors (Lipinski definition) is 6. The first-order valence-corrected chi connectivity index (χ1v) is 4.05. The second-order valence-electron chi connectivity index (χ2n) is 3.33. The van der Waals surface area contributed by atoms with E-state index in [9.17, 15) is 25.5 Å². The summed E-state index contributed by atoms with van der Waals surface area (Å²) in [5.74, 6) is 0. The summed E-state index contributed by atoms with van der Waals surface area (Å²) in [6.07, 6.45) is -9.90. The van der Waals surface area contributed by atoms with Crippen molar-refractivity contribution in [1.29, 1.82) is 0 Å². The average molecular weight is 221 g/mol. The van der Waals surface area contributed by atoms with E-state index < -0.39 is 36.2 Å². The molecule has 0 heterocycles. The highest BCUT2D eigenvalue weighted by atomic mass is 16.4. The van der Waals surface area contributed by atoms with E-state index in [4.69, 9.17) is 10.6 Å². The Morgan fingerprint density at radius 3 is 1.67 bits per heavy atom. The molecule has 0 spiro atoms. The lowest BCUT2D eigenvalue weighted by atomic mass is 9.80. The van der Waals surface area contributed by atoms with Crippen LogP contribution in [0.2, 0.25) is 0 Å². The maximum Gasteiger partial charge on any atom is 0.200 e. The summed E-state index contributed by atoms with van der Waals surface area (Å²) < 4.78 is 0. The van der Waals surface area contributed by atoms with Gasteiger partial charge in [0.15, 0.2) is 0 Å². The smallest absolute Gasteiger partial charge is 0.200 e. The van der Waals surface area contributed by atoms with Gasteiger partial charge in [0.05, 0.1) is 0 Å². The van der Waals surface area contributed by atoms with Gasteiger partial charge >= 0.3 is 0 Å². The number of aliphatic hydroxyl groups is 6. The van der Waals surface area contributed by atoms with Crippen LogP contribution in [0.3, 0.4) is 0 Å². The predicted molar refractivity (Wildman–Crippen MR) is 44.1 cm³/mol. The van der Waals surface area contributed by atoms with E-state index in [1.165, 1.54) is 0 Å². The Morgan fingerprint density at radius 2 is 1.33 bits per heavy atom. The quantitative estimate of drug-likeness (QED) is 0.155. The van der Waals surface area contributed by atoms with E-state index in [0.29, 0.717) is 0 Å². The molecule has 1 saturated carbocycles. The zero-order valence-corrected chi connectivity index (χ0v) is 7.41. The molecule has 86 valence electrons. The van der Waals surface area contributed by atoms with Gasteiger partial charge in [-0.2, -0.15) is 0 Å². The molecule has 6 N–H and O–H groups in total. The summed E-state index contributed by atoms with van der Waals surface area (Å²) in [5.41, 5.74) is 5.34. The Hall–Kier alpha value is -0.930. The fraction of sp³-hybridized carbons (Fsp3) is 1.00. The molecule has 1 rings (SSSR count). The molecule has 2 unspecified atom stereocenters. The zero-order chi connectivity index (χ0) is 11.8. The van der Waals surface area contributed by atoms with E-state index >= 15 is 0 Å². The number of nitrogens with zero attached hydrogens (tertiary/aromatic N) is 3. The van der Waals surface area contributed by atoms with Crippen LogP contribution in [0.25, 0.3) is 10.4 Å². The molecule has 0 saturated heterocycles. The lowest BCUT2D eigenvalue weighted by Gasteiger charge is -2.44. The van der Waals surface area contributed by atoms with Crippen molar-refractivity contribution in [3.05, 3.63) is 10.4 Å². The molecule has 1 aliphatic carbocycles. The van der Waals surface area contributed by atoms with Crippen molar-refractivity contribution in [1.82, 2.24) is 0 Å². The van der Waals surface area contributed by atoms with E-state index in [-0.39, 0.29) is 0 Å². The van der Waals surface area contributed by atoms with Gasteiger partial charge in [0.25, 0.3) is 0 Å². The molecule has 0 aromatic rings. The summed E-state index contributed by atoms with van der Waals surface area (Å²) in [4.78, 5) is 2.18. The highest BCUT2D eigenvalue weighted by Gasteiger charge is 2.57. The van der Waals surface area contributed by atoms with Crippen molar-refractivity contribution < 1.29 is 30.6 Å². The standard InChI is InChI=1S/C6H11N3O6/c7-9-8-6(15)4(13)2(11)1(10)3(12)5(6)14/h1-5,10-15H/t1?,2-,3-,4-,5+,6?/m1/s1. The van der Waals surface area contributed by atoms with Crippen molar-refractivity contribution in [2.75, 3.05) is 0 Å². The van der Waals surface area contributed by atoms with Crippen LogP contribution in [0, 0.1) is 0 Å². The molecular weight excluding hydrogens is 210 g/mol. The van der Waals surface area contributed by atoms with Gasteiger partial charge in [-0.25, -0.2) is 0 Å². The van der Waals surface area contributed by atoms with Crippen LogP contribution in [0.15, 0.2) is 5.11 Å². The van der Waals surface area contributed by atoms with Crippen molar-refractivity contribution in [3.63, 3.8) is 0 Å². The van der Waals surface area contributed by atoms with Crippen LogP contribution in [-0.4, -0.2) is 66.9 Å². The van der Waals surface area contributed by atoms with Gasteiger partial charge in [-0.1, -0.05) is 5.11 Å². The minimum Gasteiger partial charge on any atom is -0.387 e. The third kappa shape index (κ3) is 1.66. The molecule has 1 aliphatic rings. The van der Waals surface area contributed by atoms with E-state index in [1.807, 2.05) is 0 Å². The zero-order valence-electron chi connectivity index (χ0n) is 7.41. The largest absolute Gasteiger partial charge is 0.387 e. The van der Waals surface area contributed by atoms with Crippen LogP contribution < -0.4 is 0 Å². The molecule has 0 radical (unpaired) electrons. The Labute approximate surface area is 83.5 Å². The van der Waals surface area contributed by atoms with Crippen LogP contribution in [-0.2, 0) is 0 Å². The van der Waals surface area contributed by atoms with Gasteiger partial charge in [0.1, 0.15) is 30.5 Å². The first kappa shape index (κ1) is 12.1.